The number of allylic oxidation sites excluding steroid dienone is 1. The maximum atomic E-state index is 12.0. The summed E-state index contributed by atoms with van der Waals surface area (Å²) in [5.74, 6) is 1.48. The number of fused-ring (bicyclic) bond motifs is 1. The van der Waals surface area contributed by atoms with E-state index in [2.05, 4.69) is 54.1 Å². The summed E-state index contributed by atoms with van der Waals surface area (Å²) in [6, 6.07) is 9.10. The van der Waals surface area contributed by atoms with Gasteiger partial charge < -0.3 is 9.80 Å². The number of nitrogens with zero attached hydrogens (tertiary/aromatic N) is 2. The third kappa shape index (κ3) is 3.56. The van der Waals surface area contributed by atoms with Gasteiger partial charge in [-0.25, -0.2) is 0 Å². The molecular formula is C21H30N2O. The van der Waals surface area contributed by atoms with Crippen LogP contribution in [0, 0.1) is 11.8 Å². The SMILES string of the molecule is CCC(=O)N1CC2CC=C(c3ccc(CCN(C)CC)cc3)C2C1. The Kier molecular flexibility index (Phi) is 5.40. The highest BCUT2D eigenvalue weighted by molar-refractivity contribution is 5.78. The van der Waals surface area contributed by atoms with E-state index in [1.807, 2.05) is 6.92 Å². The lowest BCUT2D eigenvalue weighted by atomic mass is 9.90. The van der Waals surface area contributed by atoms with Crippen LogP contribution in [0.4, 0.5) is 0 Å². The molecular weight excluding hydrogens is 296 g/mol. The molecule has 0 radical (unpaired) electrons. The smallest absolute Gasteiger partial charge is 0.222 e. The topological polar surface area (TPSA) is 23.6 Å². The van der Waals surface area contributed by atoms with Crippen molar-refractivity contribution >= 4 is 11.5 Å². The molecule has 3 rings (SSSR count). The van der Waals surface area contributed by atoms with Gasteiger partial charge in [-0.05, 0) is 49.1 Å². The molecule has 1 aromatic carbocycles. The van der Waals surface area contributed by atoms with Crippen molar-refractivity contribution in [2.45, 2.75) is 33.1 Å². The van der Waals surface area contributed by atoms with Crippen LogP contribution in [0.15, 0.2) is 30.3 Å². The quantitative estimate of drug-likeness (QED) is 0.799. The number of hydrogen-bond donors (Lipinski definition) is 0. The number of likely N-dealkylation sites (tertiary alicyclic amines) is 1. The summed E-state index contributed by atoms with van der Waals surface area (Å²) in [6.07, 6.45) is 5.26. The van der Waals surface area contributed by atoms with Gasteiger partial charge >= 0.3 is 0 Å². The molecule has 3 nitrogen and oxygen atoms in total. The van der Waals surface area contributed by atoms with E-state index in [9.17, 15) is 4.79 Å². The molecule has 1 aliphatic heterocycles. The fourth-order valence-electron chi connectivity index (χ4n) is 3.99. The lowest BCUT2D eigenvalue weighted by Crippen LogP contribution is -2.28. The number of carbonyl (C=O) groups is 1. The van der Waals surface area contributed by atoms with Crippen molar-refractivity contribution in [2.24, 2.45) is 11.8 Å². The zero-order valence-electron chi connectivity index (χ0n) is 15.3. The number of benzene rings is 1. The second-order valence-electron chi connectivity index (χ2n) is 7.26. The summed E-state index contributed by atoms with van der Waals surface area (Å²) in [6.45, 7) is 8.21. The molecule has 3 heteroatoms. The summed E-state index contributed by atoms with van der Waals surface area (Å²) in [7, 11) is 2.17. The summed E-state index contributed by atoms with van der Waals surface area (Å²) in [5, 5.41) is 0. The van der Waals surface area contributed by atoms with E-state index in [1.165, 1.54) is 16.7 Å². The van der Waals surface area contributed by atoms with Crippen LogP contribution in [0.2, 0.25) is 0 Å². The molecule has 0 bridgehead atoms. The second-order valence-corrected chi connectivity index (χ2v) is 7.26. The average molecular weight is 326 g/mol. The van der Waals surface area contributed by atoms with Gasteiger partial charge in [0.05, 0.1) is 0 Å². The van der Waals surface area contributed by atoms with E-state index >= 15 is 0 Å². The molecule has 0 spiro atoms. The molecule has 1 aromatic rings. The lowest BCUT2D eigenvalue weighted by molar-refractivity contribution is -0.130. The summed E-state index contributed by atoms with van der Waals surface area (Å²) in [4.78, 5) is 16.4. The van der Waals surface area contributed by atoms with Crippen molar-refractivity contribution in [3.8, 4) is 0 Å². The maximum Gasteiger partial charge on any atom is 0.222 e. The van der Waals surface area contributed by atoms with Gasteiger partial charge in [0.15, 0.2) is 0 Å². The van der Waals surface area contributed by atoms with Gasteiger partial charge in [-0.1, -0.05) is 44.2 Å². The first kappa shape index (κ1) is 17.2. The van der Waals surface area contributed by atoms with Crippen LogP contribution >= 0.6 is 0 Å². The summed E-state index contributed by atoms with van der Waals surface area (Å²) < 4.78 is 0. The van der Waals surface area contributed by atoms with E-state index in [0.717, 1.165) is 39.0 Å². The van der Waals surface area contributed by atoms with Crippen molar-refractivity contribution < 1.29 is 4.79 Å². The van der Waals surface area contributed by atoms with Gasteiger partial charge in [-0.15, -0.1) is 0 Å². The van der Waals surface area contributed by atoms with Crippen molar-refractivity contribution in [3.05, 3.63) is 41.5 Å². The summed E-state index contributed by atoms with van der Waals surface area (Å²) in [5.41, 5.74) is 4.22. The number of hydrogen-bond acceptors (Lipinski definition) is 2. The van der Waals surface area contributed by atoms with E-state index in [-0.39, 0.29) is 0 Å². The molecule has 1 amide bonds. The highest BCUT2D eigenvalue weighted by Gasteiger charge is 2.39. The third-order valence-electron chi connectivity index (χ3n) is 5.75. The molecule has 130 valence electrons. The molecule has 2 atom stereocenters. The van der Waals surface area contributed by atoms with Crippen LogP contribution in [0.5, 0.6) is 0 Å². The zero-order valence-corrected chi connectivity index (χ0v) is 15.3. The Balaban J connectivity index is 1.64. The minimum Gasteiger partial charge on any atom is -0.342 e. The Morgan fingerprint density at radius 1 is 1.21 bits per heavy atom. The Hall–Kier alpha value is -1.61. The van der Waals surface area contributed by atoms with Crippen LogP contribution in [0.1, 0.15) is 37.8 Å². The van der Waals surface area contributed by atoms with Gasteiger partial charge in [0.2, 0.25) is 5.91 Å². The Morgan fingerprint density at radius 3 is 2.62 bits per heavy atom. The van der Waals surface area contributed by atoms with Gasteiger partial charge in [-0.2, -0.15) is 0 Å². The van der Waals surface area contributed by atoms with E-state index in [4.69, 9.17) is 0 Å². The van der Waals surface area contributed by atoms with Gasteiger partial charge in [0.25, 0.3) is 0 Å². The highest BCUT2D eigenvalue weighted by Crippen LogP contribution is 2.43. The Labute approximate surface area is 146 Å². The molecule has 0 N–H and O–H groups in total. The summed E-state index contributed by atoms with van der Waals surface area (Å²) >= 11 is 0. The first-order chi connectivity index (χ1) is 11.6. The molecule has 1 fully saturated rings. The fraction of sp³-hybridized carbons (Fsp3) is 0.571. The molecule has 2 aliphatic rings. The highest BCUT2D eigenvalue weighted by atomic mass is 16.2. The van der Waals surface area contributed by atoms with Crippen molar-refractivity contribution in [2.75, 3.05) is 33.2 Å². The van der Waals surface area contributed by atoms with Crippen molar-refractivity contribution in [1.29, 1.82) is 0 Å². The minimum absolute atomic E-state index is 0.305. The predicted molar refractivity (Wildman–Crippen MR) is 99.8 cm³/mol. The zero-order chi connectivity index (χ0) is 17.1. The first-order valence-electron chi connectivity index (χ1n) is 9.38. The molecule has 24 heavy (non-hydrogen) atoms. The minimum atomic E-state index is 0.305. The van der Waals surface area contributed by atoms with Crippen molar-refractivity contribution in [1.82, 2.24) is 9.80 Å². The monoisotopic (exact) mass is 326 g/mol. The van der Waals surface area contributed by atoms with Crippen molar-refractivity contribution in [3.63, 3.8) is 0 Å². The standard InChI is InChI=1S/C21H30N2O/c1-4-21(24)23-14-18-10-11-19(20(18)15-23)17-8-6-16(7-9-17)12-13-22(3)5-2/h6-9,11,18,20H,4-5,10,12-15H2,1-3H3. The molecule has 0 saturated carbocycles. The van der Waals surface area contributed by atoms with Crippen LogP contribution in [-0.2, 0) is 11.2 Å². The van der Waals surface area contributed by atoms with Crippen LogP contribution in [0.25, 0.3) is 5.57 Å². The number of rotatable bonds is 6. The predicted octanol–water partition coefficient (Wildman–Crippen LogP) is 3.45. The lowest BCUT2D eigenvalue weighted by Gasteiger charge is -2.17. The van der Waals surface area contributed by atoms with Crippen LogP contribution in [-0.4, -0.2) is 48.9 Å². The molecule has 1 saturated heterocycles. The molecule has 2 unspecified atom stereocenters. The number of likely N-dealkylation sites (N-methyl/N-ethyl adjacent to an activating group) is 1. The molecule has 1 heterocycles. The van der Waals surface area contributed by atoms with Gasteiger partial charge in [-0.3, -0.25) is 4.79 Å². The first-order valence-corrected chi connectivity index (χ1v) is 9.38. The van der Waals surface area contributed by atoms with Gasteiger partial charge in [0, 0.05) is 32.0 Å². The average Bonchev–Trinajstić information content (AvgIpc) is 3.20. The molecule has 0 aromatic heterocycles. The fourth-order valence-corrected chi connectivity index (χ4v) is 3.99. The Morgan fingerprint density at radius 2 is 1.96 bits per heavy atom. The number of carbonyl (C=O) groups excluding carboxylic acids is 1. The van der Waals surface area contributed by atoms with Gasteiger partial charge in [0.1, 0.15) is 0 Å². The molecule has 1 aliphatic carbocycles. The maximum absolute atomic E-state index is 12.0. The van der Waals surface area contributed by atoms with E-state index in [1.54, 1.807) is 0 Å². The van der Waals surface area contributed by atoms with Crippen LogP contribution < -0.4 is 0 Å². The van der Waals surface area contributed by atoms with Crippen LogP contribution in [0.3, 0.4) is 0 Å². The largest absolute Gasteiger partial charge is 0.342 e. The third-order valence-corrected chi connectivity index (χ3v) is 5.75. The van der Waals surface area contributed by atoms with E-state index in [0.29, 0.717) is 24.2 Å². The number of amides is 1. The normalized spacial score (nSPS) is 22.8. The second kappa shape index (κ2) is 7.52. The Bertz CT molecular complexity index is 605. The van der Waals surface area contributed by atoms with E-state index < -0.39 is 0 Å².